The fraction of sp³-hybridized carbons (Fsp3) is 0.417. The minimum absolute atomic E-state index is 0.0769. The molecule has 1 heterocycles. The molecular formula is C12H15NO3. The zero-order valence-corrected chi connectivity index (χ0v) is 9.45. The summed E-state index contributed by atoms with van der Waals surface area (Å²) < 4.78 is 10.4. The third-order valence-electron chi connectivity index (χ3n) is 2.31. The molecular weight excluding hydrogens is 206 g/mol. The van der Waals surface area contributed by atoms with Crippen molar-refractivity contribution >= 4 is 5.91 Å². The van der Waals surface area contributed by atoms with Gasteiger partial charge in [-0.1, -0.05) is 13.8 Å². The highest BCUT2D eigenvalue weighted by Crippen LogP contribution is 2.32. The maximum atomic E-state index is 11.7. The monoisotopic (exact) mass is 221 g/mol. The van der Waals surface area contributed by atoms with E-state index >= 15 is 0 Å². The van der Waals surface area contributed by atoms with E-state index in [1.807, 2.05) is 0 Å². The summed E-state index contributed by atoms with van der Waals surface area (Å²) in [4.78, 5) is 11.7. The highest BCUT2D eigenvalue weighted by Gasteiger charge is 2.15. The van der Waals surface area contributed by atoms with Crippen LogP contribution in [0, 0.1) is 5.92 Å². The number of hydrogen-bond acceptors (Lipinski definition) is 3. The van der Waals surface area contributed by atoms with Crippen LogP contribution in [0.3, 0.4) is 0 Å². The third kappa shape index (κ3) is 2.27. The first kappa shape index (κ1) is 10.8. The van der Waals surface area contributed by atoms with E-state index in [-0.39, 0.29) is 12.7 Å². The summed E-state index contributed by atoms with van der Waals surface area (Å²) in [6.45, 7) is 5.01. The zero-order valence-electron chi connectivity index (χ0n) is 9.45. The standard InChI is InChI=1S/C12H15NO3/c1-8(2)6-13-12(14)9-3-4-10-11(5-9)16-7-15-10/h3-5,8H,6-7H2,1-2H3,(H,13,14). The van der Waals surface area contributed by atoms with Gasteiger partial charge in [0, 0.05) is 12.1 Å². The van der Waals surface area contributed by atoms with Crippen LogP contribution in [0.2, 0.25) is 0 Å². The van der Waals surface area contributed by atoms with Gasteiger partial charge in [-0.15, -0.1) is 0 Å². The van der Waals surface area contributed by atoms with Crippen LogP contribution in [0.15, 0.2) is 18.2 Å². The van der Waals surface area contributed by atoms with Crippen LogP contribution in [-0.4, -0.2) is 19.2 Å². The van der Waals surface area contributed by atoms with Crippen LogP contribution in [0.5, 0.6) is 11.5 Å². The average molecular weight is 221 g/mol. The number of amides is 1. The first-order chi connectivity index (χ1) is 7.66. The Hall–Kier alpha value is -1.71. The molecule has 16 heavy (non-hydrogen) atoms. The van der Waals surface area contributed by atoms with Crippen LogP contribution in [0.4, 0.5) is 0 Å². The van der Waals surface area contributed by atoms with Gasteiger partial charge in [-0.05, 0) is 24.1 Å². The van der Waals surface area contributed by atoms with E-state index in [9.17, 15) is 4.79 Å². The molecule has 0 fully saturated rings. The molecule has 1 N–H and O–H groups in total. The maximum Gasteiger partial charge on any atom is 0.251 e. The molecule has 0 atom stereocenters. The highest BCUT2D eigenvalue weighted by atomic mass is 16.7. The number of carbonyl (C=O) groups excluding carboxylic acids is 1. The molecule has 1 amide bonds. The summed E-state index contributed by atoms with van der Waals surface area (Å²) in [5.74, 6) is 1.70. The Morgan fingerprint density at radius 3 is 2.88 bits per heavy atom. The summed E-state index contributed by atoms with van der Waals surface area (Å²) in [5.41, 5.74) is 0.602. The van der Waals surface area contributed by atoms with Gasteiger partial charge >= 0.3 is 0 Å². The molecule has 0 aromatic heterocycles. The number of benzene rings is 1. The van der Waals surface area contributed by atoms with Crippen LogP contribution in [0.1, 0.15) is 24.2 Å². The van der Waals surface area contributed by atoms with Crippen LogP contribution >= 0.6 is 0 Å². The molecule has 1 aromatic carbocycles. The lowest BCUT2D eigenvalue weighted by Crippen LogP contribution is -2.27. The Labute approximate surface area is 94.6 Å². The molecule has 0 aliphatic carbocycles. The lowest BCUT2D eigenvalue weighted by Gasteiger charge is -2.07. The topological polar surface area (TPSA) is 47.6 Å². The maximum absolute atomic E-state index is 11.7. The van der Waals surface area contributed by atoms with E-state index in [2.05, 4.69) is 19.2 Å². The largest absolute Gasteiger partial charge is 0.454 e. The minimum atomic E-state index is -0.0769. The second kappa shape index (κ2) is 4.43. The molecule has 2 rings (SSSR count). The third-order valence-corrected chi connectivity index (χ3v) is 2.31. The molecule has 0 spiro atoms. The van der Waals surface area contributed by atoms with E-state index in [0.29, 0.717) is 29.5 Å². The van der Waals surface area contributed by atoms with Gasteiger partial charge in [-0.3, -0.25) is 4.79 Å². The molecule has 0 saturated carbocycles. The molecule has 1 aliphatic heterocycles. The van der Waals surface area contributed by atoms with Crippen molar-refractivity contribution in [2.24, 2.45) is 5.92 Å². The summed E-state index contributed by atoms with van der Waals surface area (Å²) >= 11 is 0. The normalized spacial score (nSPS) is 12.9. The van der Waals surface area contributed by atoms with Gasteiger partial charge in [0.1, 0.15) is 0 Å². The number of fused-ring (bicyclic) bond motifs is 1. The highest BCUT2D eigenvalue weighted by molar-refractivity contribution is 5.94. The van der Waals surface area contributed by atoms with Gasteiger partial charge in [-0.2, -0.15) is 0 Å². The van der Waals surface area contributed by atoms with Crippen LogP contribution < -0.4 is 14.8 Å². The van der Waals surface area contributed by atoms with Crippen molar-refractivity contribution in [1.82, 2.24) is 5.32 Å². The van der Waals surface area contributed by atoms with Crippen molar-refractivity contribution in [1.29, 1.82) is 0 Å². The van der Waals surface area contributed by atoms with E-state index in [4.69, 9.17) is 9.47 Å². The van der Waals surface area contributed by atoms with Gasteiger partial charge in [-0.25, -0.2) is 0 Å². The number of nitrogens with one attached hydrogen (secondary N) is 1. The molecule has 0 bridgehead atoms. The summed E-state index contributed by atoms with van der Waals surface area (Å²) in [5, 5.41) is 2.85. The Kier molecular flexibility index (Phi) is 2.99. The molecule has 1 aromatic rings. The quantitative estimate of drug-likeness (QED) is 0.846. The average Bonchev–Trinajstić information content (AvgIpc) is 2.72. The second-order valence-corrected chi connectivity index (χ2v) is 4.17. The molecule has 4 nitrogen and oxygen atoms in total. The first-order valence-electron chi connectivity index (χ1n) is 5.34. The van der Waals surface area contributed by atoms with Gasteiger partial charge in [0.05, 0.1) is 0 Å². The van der Waals surface area contributed by atoms with Gasteiger partial charge < -0.3 is 14.8 Å². The van der Waals surface area contributed by atoms with Crippen molar-refractivity contribution < 1.29 is 14.3 Å². The number of rotatable bonds is 3. The lowest BCUT2D eigenvalue weighted by molar-refractivity contribution is 0.0948. The SMILES string of the molecule is CC(C)CNC(=O)c1ccc2c(c1)OCO2. The molecule has 86 valence electrons. The molecule has 0 unspecified atom stereocenters. The van der Waals surface area contributed by atoms with E-state index in [1.165, 1.54) is 0 Å². The van der Waals surface area contributed by atoms with Crippen molar-refractivity contribution in [3.8, 4) is 11.5 Å². The van der Waals surface area contributed by atoms with Gasteiger partial charge in [0.15, 0.2) is 11.5 Å². The number of hydrogen-bond donors (Lipinski definition) is 1. The van der Waals surface area contributed by atoms with E-state index < -0.39 is 0 Å². The fourth-order valence-corrected chi connectivity index (χ4v) is 1.44. The second-order valence-electron chi connectivity index (χ2n) is 4.17. The lowest BCUT2D eigenvalue weighted by atomic mass is 10.1. The van der Waals surface area contributed by atoms with Crippen molar-refractivity contribution in [3.63, 3.8) is 0 Å². The van der Waals surface area contributed by atoms with Gasteiger partial charge in [0.25, 0.3) is 5.91 Å². The van der Waals surface area contributed by atoms with E-state index in [0.717, 1.165) is 0 Å². The molecule has 1 aliphatic rings. The smallest absolute Gasteiger partial charge is 0.251 e. The fourth-order valence-electron chi connectivity index (χ4n) is 1.44. The Bertz CT molecular complexity index is 401. The van der Waals surface area contributed by atoms with Crippen molar-refractivity contribution in [2.45, 2.75) is 13.8 Å². The summed E-state index contributed by atoms with van der Waals surface area (Å²) in [6, 6.07) is 5.20. The van der Waals surface area contributed by atoms with Gasteiger partial charge in [0.2, 0.25) is 6.79 Å². The van der Waals surface area contributed by atoms with Crippen LogP contribution in [0.25, 0.3) is 0 Å². The predicted octanol–water partition coefficient (Wildman–Crippen LogP) is 1.80. The molecule has 4 heteroatoms. The Morgan fingerprint density at radius 1 is 1.38 bits per heavy atom. The van der Waals surface area contributed by atoms with E-state index in [1.54, 1.807) is 18.2 Å². The molecule has 0 saturated heterocycles. The minimum Gasteiger partial charge on any atom is -0.454 e. The van der Waals surface area contributed by atoms with Crippen molar-refractivity contribution in [3.05, 3.63) is 23.8 Å². The Balaban J connectivity index is 2.06. The number of carbonyl (C=O) groups is 1. The first-order valence-corrected chi connectivity index (χ1v) is 5.34. The Morgan fingerprint density at radius 2 is 2.12 bits per heavy atom. The zero-order chi connectivity index (χ0) is 11.5. The summed E-state index contributed by atoms with van der Waals surface area (Å²) in [6.07, 6.45) is 0. The van der Waals surface area contributed by atoms with Crippen molar-refractivity contribution in [2.75, 3.05) is 13.3 Å². The number of ether oxygens (including phenoxy) is 2. The predicted molar refractivity (Wildman–Crippen MR) is 59.7 cm³/mol. The van der Waals surface area contributed by atoms with Crippen LogP contribution in [-0.2, 0) is 0 Å². The molecule has 0 radical (unpaired) electrons. The summed E-state index contributed by atoms with van der Waals surface area (Å²) in [7, 11) is 0.